The van der Waals surface area contributed by atoms with Gasteiger partial charge in [-0.3, -0.25) is 0 Å². The quantitative estimate of drug-likeness (QED) is 0.0767. The van der Waals surface area contributed by atoms with Crippen molar-refractivity contribution in [3.05, 3.63) is 250 Å². The molecule has 0 saturated heterocycles. The summed E-state index contributed by atoms with van der Waals surface area (Å²) >= 11 is 1.46. The molecule has 0 fully saturated rings. The molecule has 0 spiro atoms. The van der Waals surface area contributed by atoms with Crippen LogP contribution >= 0.6 is 11.3 Å². The average molecular weight is 1050 g/mol. The van der Waals surface area contributed by atoms with Crippen LogP contribution in [0, 0.1) is 23.2 Å². The number of fused-ring (bicyclic) bond motifs is 6. The second-order valence-electron chi connectivity index (χ2n) is 21.4. The van der Waals surface area contributed by atoms with Crippen LogP contribution in [0.5, 0.6) is 0 Å². The summed E-state index contributed by atoms with van der Waals surface area (Å²) in [6.07, 6.45) is 20.1. The lowest BCUT2D eigenvalue weighted by atomic mass is 9.67. The Morgan fingerprint density at radius 2 is 1.06 bits per heavy atom. The second kappa shape index (κ2) is 21.0. The van der Waals surface area contributed by atoms with E-state index in [2.05, 4.69) is 243 Å². The van der Waals surface area contributed by atoms with Crippen LogP contribution in [0.2, 0.25) is 0 Å². The molecule has 392 valence electrons. The first-order valence-electron chi connectivity index (χ1n) is 28.1. The molecule has 4 aliphatic carbocycles. The van der Waals surface area contributed by atoms with Gasteiger partial charge >= 0.3 is 5.97 Å². The number of rotatable bonds is 16. The van der Waals surface area contributed by atoms with E-state index in [1.807, 2.05) is 18.2 Å². The third kappa shape index (κ3) is 8.54. The Morgan fingerprint density at radius 3 is 1.48 bits per heavy atom. The minimum absolute atomic E-state index is 0.134. The summed E-state index contributed by atoms with van der Waals surface area (Å²) < 4.78 is 2.36. The zero-order valence-electron chi connectivity index (χ0n) is 45.6. The standard InChI is InChI=1S/C71H65N5O2S/c1-6-70(7-2)61-42-47(31-36-57(61)59-38-33-54(44-63(59)70)75(50-23-15-11-16-24-50)51-25-17-12-18-26-51)66-67(74(10-5)68(73-66)65-40-35-56(79-65)41-49(46-72)69(77)78)48-32-37-58-60-39-34-55(45-64(60)71(8-3,9-4)62(58)43-48)76(52-27-19-13-20-28-52)53-29-21-14-22-30-53/h11-45,59-60,63-64H,6-10H2,1-5H3,(H,77,78)/b49-41+. The summed E-state index contributed by atoms with van der Waals surface area (Å²) in [6.45, 7) is 12.3. The number of carbonyl (C=O) groups is 1. The number of benzene rings is 6. The molecule has 2 heterocycles. The molecule has 4 atom stereocenters. The number of hydrogen-bond donors (Lipinski definition) is 1. The van der Waals surface area contributed by atoms with Gasteiger partial charge in [-0.25, -0.2) is 9.78 Å². The maximum absolute atomic E-state index is 12.0. The normalized spacial score (nSPS) is 19.1. The maximum Gasteiger partial charge on any atom is 0.346 e. The third-order valence-electron chi connectivity index (χ3n) is 18.0. The van der Waals surface area contributed by atoms with E-state index in [1.54, 1.807) is 0 Å². The first kappa shape index (κ1) is 51.3. The smallest absolute Gasteiger partial charge is 0.346 e. The van der Waals surface area contributed by atoms with Gasteiger partial charge in [0.2, 0.25) is 0 Å². The summed E-state index contributed by atoms with van der Waals surface area (Å²) in [4.78, 5) is 24.1. The molecule has 0 aliphatic heterocycles. The lowest BCUT2D eigenvalue weighted by molar-refractivity contribution is -0.132. The minimum atomic E-state index is -1.24. The SMILES string of the molecule is CCn1c(-c2ccc(/C=C(\C#N)C(=O)O)s2)nc(-c2ccc3c(c2)C(CC)(CC)C2C=C(N(c4ccccc4)c4ccccc4)C=CC32)c1-c1ccc2c(c1)C(CC)(CC)C1C=C(N(c3ccccc3)c3ccccc3)C=CC21. The molecular weight excluding hydrogens is 987 g/mol. The van der Waals surface area contributed by atoms with E-state index in [4.69, 9.17) is 4.98 Å². The largest absolute Gasteiger partial charge is 0.477 e. The number of hydrogen-bond acceptors (Lipinski definition) is 6. The zero-order chi connectivity index (χ0) is 54.4. The van der Waals surface area contributed by atoms with E-state index in [0.717, 1.165) is 81.6 Å². The Labute approximate surface area is 469 Å². The number of allylic oxidation sites excluding steroid dienone is 6. The van der Waals surface area contributed by atoms with Gasteiger partial charge in [0.1, 0.15) is 11.6 Å². The van der Waals surface area contributed by atoms with Gasteiger partial charge in [0.25, 0.3) is 0 Å². The molecule has 8 heteroatoms. The molecule has 0 radical (unpaired) electrons. The van der Waals surface area contributed by atoms with Gasteiger partial charge in [0.15, 0.2) is 5.82 Å². The van der Waals surface area contributed by atoms with Gasteiger partial charge in [0.05, 0.1) is 16.3 Å². The van der Waals surface area contributed by atoms with Crippen LogP contribution in [-0.2, 0) is 22.2 Å². The van der Waals surface area contributed by atoms with Crippen LogP contribution < -0.4 is 9.80 Å². The molecule has 4 aliphatic rings. The second-order valence-corrected chi connectivity index (χ2v) is 22.5. The van der Waals surface area contributed by atoms with E-state index >= 15 is 0 Å². The fourth-order valence-corrected chi connectivity index (χ4v) is 15.1. The number of aromatic nitrogens is 2. The molecule has 6 aromatic carbocycles. The Morgan fingerprint density at radius 1 is 0.620 bits per heavy atom. The van der Waals surface area contributed by atoms with E-state index in [-0.39, 0.29) is 40.1 Å². The van der Waals surface area contributed by atoms with Crippen LogP contribution in [-0.4, -0.2) is 20.6 Å². The number of nitriles is 1. The Balaban J connectivity index is 1.00. The summed E-state index contributed by atoms with van der Waals surface area (Å²) in [7, 11) is 0. The molecule has 0 amide bonds. The summed E-state index contributed by atoms with van der Waals surface area (Å²) in [6, 6.07) is 63.0. The van der Waals surface area contributed by atoms with E-state index in [1.165, 1.54) is 51.1 Å². The van der Waals surface area contributed by atoms with Crippen molar-refractivity contribution in [2.75, 3.05) is 9.80 Å². The van der Waals surface area contributed by atoms with Crippen molar-refractivity contribution in [2.45, 2.75) is 89.5 Å². The third-order valence-corrected chi connectivity index (χ3v) is 19.0. The number of anilines is 4. The molecule has 0 bridgehead atoms. The number of thiophene rings is 1. The van der Waals surface area contributed by atoms with Crippen LogP contribution in [0.25, 0.3) is 39.3 Å². The highest BCUT2D eigenvalue weighted by molar-refractivity contribution is 7.16. The highest BCUT2D eigenvalue weighted by atomic mass is 32.1. The van der Waals surface area contributed by atoms with E-state index < -0.39 is 5.97 Å². The van der Waals surface area contributed by atoms with Gasteiger partial charge in [0, 0.05) is 79.4 Å². The topological polar surface area (TPSA) is 85.4 Å². The molecule has 12 rings (SSSR count). The van der Waals surface area contributed by atoms with Crippen molar-refractivity contribution < 1.29 is 9.90 Å². The molecule has 79 heavy (non-hydrogen) atoms. The lowest BCUT2D eigenvalue weighted by Crippen LogP contribution is -2.32. The first-order chi connectivity index (χ1) is 38.7. The van der Waals surface area contributed by atoms with Gasteiger partial charge in [-0.05, 0) is 158 Å². The minimum Gasteiger partial charge on any atom is -0.477 e. The summed E-state index contributed by atoms with van der Waals surface area (Å²) in [5.74, 6) is 0.496. The first-order valence-corrected chi connectivity index (χ1v) is 29.0. The van der Waals surface area contributed by atoms with Crippen LogP contribution in [0.4, 0.5) is 22.7 Å². The lowest BCUT2D eigenvalue weighted by Gasteiger charge is -2.38. The molecule has 7 nitrogen and oxygen atoms in total. The van der Waals surface area contributed by atoms with Crippen molar-refractivity contribution in [3.8, 4) is 39.3 Å². The van der Waals surface area contributed by atoms with Crippen molar-refractivity contribution >= 4 is 46.1 Å². The number of nitrogens with zero attached hydrogens (tertiary/aromatic N) is 5. The predicted octanol–water partition coefficient (Wildman–Crippen LogP) is 18.1. The van der Waals surface area contributed by atoms with Crippen LogP contribution in [0.15, 0.2) is 223 Å². The van der Waals surface area contributed by atoms with Crippen molar-refractivity contribution in [1.29, 1.82) is 5.26 Å². The predicted molar refractivity (Wildman–Crippen MR) is 325 cm³/mol. The number of aliphatic carboxylic acids is 1. The van der Waals surface area contributed by atoms with Gasteiger partial charge in [-0.2, -0.15) is 5.26 Å². The van der Waals surface area contributed by atoms with Crippen molar-refractivity contribution in [1.82, 2.24) is 9.55 Å². The number of carboxylic acid groups (broad SMARTS) is 1. The fraction of sp³-hybridized carbons (Fsp3) is 0.225. The Kier molecular flexibility index (Phi) is 13.6. The van der Waals surface area contributed by atoms with Gasteiger partial charge in [-0.1, -0.05) is 149 Å². The zero-order valence-corrected chi connectivity index (χ0v) is 46.4. The molecule has 8 aromatic rings. The average Bonchev–Trinajstić information content (AvgIpc) is 4.47. The summed E-state index contributed by atoms with van der Waals surface area (Å²) in [5.41, 5.74) is 16.1. The number of imidazole rings is 1. The summed E-state index contributed by atoms with van der Waals surface area (Å²) in [5, 5.41) is 19.5. The highest BCUT2D eigenvalue weighted by Crippen LogP contribution is 2.60. The van der Waals surface area contributed by atoms with Crippen LogP contribution in [0.1, 0.15) is 99.3 Å². The van der Waals surface area contributed by atoms with Crippen molar-refractivity contribution in [3.63, 3.8) is 0 Å². The fourth-order valence-electron chi connectivity index (χ4n) is 14.1. The van der Waals surface area contributed by atoms with Crippen molar-refractivity contribution in [2.24, 2.45) is 11.8 Å². The number of para-hydroxylation sites is 4. The Hall–Kier alpha value is -8.51. The Bertz CT molecular complexity index is 3710. The molecule has 2 aromatic heterocycles. The number of carboxylic acids is 1. The van der Waals surface area contributed by atoms with Crippen LogP contribution in [0.3, 0.4) is 0 Å². The molecular formula is C71H65N5O2S. The highest BCUT2D eigenvalue weighted by Gasteiger charge is 2.51. The van der Waals surface area contributed by atoms with Gasteiger partial charge < -0.3 is 19.5 Å². The maximum atomic E-state index is 12.0. The molecule has 0 saturated carbocycles. The van der Waals surface area contributed by atoms with Gasteiger partial charge in [-0.15, -0.1) is 11.3 Å². The van der Waals surface area contributed by atoms with E-state index in [0.29, 0.717) is 11.4 Å². The molecule has 4 unspecified atom stereocenters. The molecule has 1 N–H and O–H groups in total. The monoisotopic (exact) mass is 1050 g/mol. The van der Waals surface area contributed by atoms with E-state index in [9.17, 15) is 15.2 Å².